The number of carbonyl (C=O) groups excluding carboxylic acids is 1. The number of amides is 1. The second-order valence-corrected chi connectivity index (χ2v) is 8.12. The van der Waals surface area contributed by atoms with Gasteiger partial charge in [-0.1, -0.05) is 35.1 Å². The topological polar surface area (TPSA) is 98.5 Å². The number of allylic oxidation sites excluding steroid dienone is 1. The Labute approximate surface area is 182 Å². The summed E-state index contributed by atoms with van der Waals surface area (Å²) in [4.78, 5) is 27.2. The van der Waals surface area contributed by atoms with E-state index in [0.717, 1.165) is 11.3 Å². The zero-order chi connectivity index (χ0) is 22.1. The van der Waals surface area contributed by atoms with E-state index in [1.54, 1.807) is 24.1 Å². The van der Waals surface area contributed by atoms with Crippen LogP contribution in [0.1, 0.15) is 17.0 Å². The average Bonchev–Trinajstić information content (AvgIpc) is 3.33. The predicted molar refractivity (Wildman–Crippen MR) is 118 cm³/mol. The standard InChI is InChI=1S/C21H22N6O3S/c1-5-10-26-19(29)15-8-6-7-9-17(15)27-20(26)22-23-21(27)31-12-18(28)25(4)11-16-13(2)24-30-14(16)3/h5-9H,1,10-12H2,2-4H3. The highest BCUT2D eigenvalue weighted by Gasteiger charge is 2.19. The molecule has 31 heavy (non-hydrogen) atoms. The van der Waals surface area contributed by atoms with Gasteiger partial charge in [0.05, 0.1) is 28.9 Å². The summed E-state index contributed by atoms with van der Waals surface area (Å²) in [5.41, 5.74) is 2.24. The first-order chi connectivity index (χ1) is 14.9. The number of nitrogens with zero attached hydrogens (tertiary/aromatic N) is 6. The number of hydrogen-bond donors (Lipinski definition) is 0. The third-order valence-electron chi connectivity index (χ3n) is 5.12. The fourth-order valence-corrected chi connectivity index (χ4v) is 4.29. The maximum absolute atomic E-state index is 12.9. The summed E-state index contributed by atoms with van der Waals surface area (Å²) >= 11 is 1.28. The van der Waals surface area contributed by atoms with Crippen LogP contribution in [0.5, 0.6) is 0 Å². The number of rotatable bonds is 7. The molecule has 0 N–H and O–H groups in total. The van der Waals surface area contributed by atoms with Crippen molar-refractivity contribution in [2.24, 2.45) is 0 Å². The lowest BCUT2D eigenvalue weighted by Gasteiger charge is -2.16. The third kappa shape index (κ3) is 3.74. The summed E-state index contributed by atoms with van der Waals surface area (Å²) < 4.78 is 8.51. The van der Waals surface area contributed by atoms with Crippen molar-refractivity contribution >= 4 is 34.3 Å². The molecule has 9 nitrogen and oxygen atoms in total. The lowest BCUT2D eigenvalue weighted by molar-refractivity contribution is -0.127. The van der Waals surface area contributed by atoms with Crippen LogP contribution < -0.4 is 5.56 Å². The molecule has 3 heterocycles. The van der Waals surface area contributed by atoms with Gasteiger partial charge >= 0.3 is 0 Å². The van der Waals surface area contributed by atoms with Gasteiger partial charge in [-0.05, 0) is 26.0 Å². The molecule has 0 atom stereocenters. The first-order valence-corrected chi connectivity index (χ1v) is 10.7. The molecule has 0 aliphatic rings. The molecule has 0 unspecified atom stereocenters. The van der Waals surface area contributed by atoms with Gasteiger partial charge in [0, 0.05) is 19.2 Å². The Hall–Kier alpha value is -3.40. The number of hydrogen-bond acceptors (Lipinski definition) is 7. The molecule has 4 rings (SSSR count). The number of aryl methyl sites for hydroxylation is 2. The molecule has 160 valence electrons. The minimum absolute atomic E-state index is 0.0644. The van der Waals surface area contributed by atoms with Crippen LogP contribution in [0.2, 0.25) is 0 Å². The van der Waals surface area contributed by atoms with Crippen molar-refractivity contribution in [2.45, 2.75) is 32.1 Å². The number of para-hydroxylation sites is 1. The highest BCUT2D eigenvalue weighted by Crippen LogP contribution is 2.22. The molecule has 1 amide bonds. The van der Waals surface area contributed by atoms with Crippen molar-refractivity contribution in [1.82, 2.24) is 29.2 Å². The van der Waals surface area contributed by atoms with Crippen molar-refractivity contribution in [3.8, 4) is 0 Å². The van der Waals surface area contributed by atoms with E-state index in [2.05, 4.69) is 21.9 Å². The number of thioether (sulfide) groups is 1. The summed E-state index contributed by atoms with van der Waals surface area (Å²) in [6.07, 6.45) is 1.64. The maximum atomic E-state index is 12.9. The van der Waals surface area contributed by atoms with E-state index in [0.29, 0.717) is 40.7 Å². The lowest BCUT2D eigenvalue weighted by atomic mass is 10.2. The molecule has 0 bridgehead atoms. The molecule has 0 aliphatic heterocycles. The first-order valence-electron chi connectivity index (χ1n) is 9.68. The van der Waals surface area contributed by atoms with E-state index in [9.17, 15) is 9.59 Å². The number of benzene rings is 1. The Morgan fingerprint density at radius 2 is 2.06 bits per heavy atom. The average molecular weight is 439 g/mol. The molecule has 0 aliphatic carbocycles. The molecule has 10 heteroatoms. The summed E-state index contributed by atoms with van der Waals surface area (Å²) in [7, 11) is 1.74. The fraction of sp³-hybridized carbons (Fsp3) is 0.286. The van der Waals surface area contributed by atoms with Crippen molar-refractivity contribution < 1.29 is 9.32 Å². The van der Waals surface area contributed by atoms with Gasteiger partial charge in [0.15, 0.2) is 5.16 Å². The molecule has 0 radical (unpaired) electrons. The number of fused-ring (bicyclic) bond motifs is 3. The van der Waals surface area contributed by atoms with Gasteiger partial charge in [0.25, 0.3) is 5.56 Å². The van der Waals surface area contributed by atoms with Crippen LogP contribution >= 0.6 is 11.8 Å². The molecule has 0 spiro atoms. The second kappa shape index (κ2) is 8.38. The second-order valence-electron chi connectivity index (χ2n) is 7.18. The minimum Gasteiger partial charge on any atom is -0.361 e. The fourth-order valence-electron chi connectivity index (χ4n) is 3.41. The largest absolute Gasteiger partial charge is 0.361 e. The molecule has 4 aromatic rings. The van der Waals surface area contributed by atoms with Crippen molar-refractivity contribution in [3.63, 3.8) is 0 Å². The zero-order valence-corrected chi connectivity index (χ0v) is 18.3. The molecular formula is C21H22N6O3S. The Morgan fingerprint density at radius 3 is 2.77 bits per heavy atom. The molecule has 1 aromatic carbocycles. The van der Waals surface area contributed by atoms with Crippen LogP contribution in [0, 0.1) is 13.8 Å². The van der Waals surface area contributed by atoms with E-state index in [1.807, 2.05) is 36.4 Å². The van der Waals surface area contributed by atoms with Crippen LogP contribution in [-0.4, -0.2) is 47.9 Å². The molecule has 0 fully saturated rings. The van der Waals surface area contributed by atoms with Gasteiger partial charge in [-0.15, -0.1) is 16.8 Å². The summed E-state index contributed by atoms with van der Waals surface area (Å²) in [6, 6.07) is 7.29. The molecule has 3 aromatic heterocycles. The molecule has 0 saturated carbocycles. The van der Waals surface area contributed by atoms with E-state index in [1.165, 1.54) is 16.3 Å². The van der Waals surface area contributed by atoms with E-state index in [-0.39, 0.29) is 17.2 Å². The summed E-state index contributed by atoms with van der Waals surface area (Å²) in [5.74, 6) is 1.24. The van der Waals surface area contributed by atoms with E-state index < -0.39 is 0 Å². The van der Waals surface area contributed by atoms with Gasteiger partial charge in [-0.3, -0.25) is 18.6 Å². The van der Waals surface area contributed by atoms with Crippen molar-refractivity contribution in [3.05, 3.63) is 64.3 Å². The Bertz CT molecular complexity index is 1330. The van der Waals surface area contributed by atoms with Gasteiger partial charge < -0.3 is 9.42 Å². The third-order valence-corrected chi connectivity index (χ3v) is 6.03. The predicted octanol–water partition coefficient (Wildman–Crippen LogP) is 2.59. The smallest absolute Gasteiger partial charge is 0.263 e. The highest BCUT2D eigenvalue weighted by molar-refractivity contribution is 7.99. The lowest BCUT2D eigenvalue weighted by Crippen LogP contribution is -2.28. The molecule has 0 saturated heterocycles. The summed E-state index contributed by atoms with van der Waals surface area (Å²) in [6.45, 7) is 8.15. The number of carbonyl (C=O) groups is 1. The SMILES string of the molecule is C=CCn1c(=O)c2ccccc2n2c(SCC(=O)N(C)Cc3c(C)noc3C)nnc12. The van der Waals surface area contributed by atoms with Crippen LogP contribution in [0.4, 0.5) is 0 Å². The Kier molecular flexibility index (Phi) is 5.64. The summed E-state index contributed by atoms with van der Waals surface area (Å²) in [5, 5.41) is 13.5. The van der Waals surface area contributed by atoms with E-state index >= 15 is 0 Å². The van der Waals surface area contributed by atoms with Gasteiger partial charge in [-0.2, -0.15) is 0 Å². The highest BCUT2D eigenvalue weighted by atomic mass is 32.2. The van der Waals surface area contributed by atoms with Crippen LogP contribution in [0.15, 0.2) is 51.4 Å². The van der Waals surface area contributed by atoms with Gasteiger partial charge in [0.1, 0.15) is 5.76 Å². The quantitative estimate of drug-likeness (QED) is 0.323. The van der Waals surface area contributed by atoms with E-state index in [4.69, 9.17) is 4.52 Å². The van der Waals surface area contributed by atoms with Crippen molar-refractivity contribution in [1.29, 1.82) is 0 Å². The van der Waals surface area contributed by atoms with Crippen LogP contribution in [-0.2, 0) is 17.9 Å². The first kappa shape index (κ1) is 20.9. The maximum Gasteiger partial charge on any atom is 0.263 e. The molecular weight excluding hydrogens is 416 g/mol. The van der Waals surface area contributed by atoms with Gasteiger partial charge in [-0.25, -0.2) is 0 Å². The Morgan fingerprint density at radius 1 is 1.29 bits per heavy atom. The van der Waals surface area contributed by atoms with Crippen molar-refractivity contribution in [2.75, 3.05) is 12.8 Å². The monoisotopic (exact) mass is 438 g/mol. The zero-order valence-electron chi connectivity index (χ0n) is 17.5. The van der Waals surface area contributed by atoms with Crippen LogP contribution in [0.25, 0.3) is 16.7 Å². The minimum atomic E-state index is -0.151. The van der Waals surface area contributed by atoms with Gasteiger partial charge in [0.2, 0.25) is 11.7 Å². The Balaban J connectivity index is 1.63. The van der Waals surface area contributed by atoms with Crippen LogP contribution in [0.3, 0.4) is 0 Å². The number of aromatic nitrogens is 5. The normalized spacial score (nSPS) is 11.3.